The number of anilines is 2. The SMILES string of the molecule is CCNc1nc(C)cc(NCCNS(=O)(=O)c2cc(Cl)ccc2C)n1. The maximum Gasteiger partial charge on any atom is 0.240 e. The Morgan fingerprint density at radius 2 is 1.84 bits per heavy atom. The molecular weight excluding hydrogens is 362 g/mol. The van der Waals surface area contributed by atoms with Gasteiger partial charge < -0.3 is 10.6 Å². The number of halogens is 1. The highest BCUT2D eigenvalue weighted by Gasteiger charge is 2.16. The number of hydrogen-bond donors (Lipinski definition) is 3. The van der Waals surface area contributed by atoms with Crippen LogP contribution in [0.4, 0.5) is 11.8 Å². The molecule has 0 saturated carbocycles. The van der Waals surface area contributed by atoms with E-state index in [2.05, 4.69) is 25.3 Å². The van der Waals surface area contributed by atoms with Crippen molar-refractivity contribution in [2.45, 2.75) is 25.7 Å². The van der Waals surface area contributed by atoms with E-state index in [0.29, 0.717) is 28.9 Å². The Morgan fingerprint density at radius 1 is 1.08 bits per heavy atom. The molecule has 0 amide bonds. The number of aromatic nitrogens is 2. The Bertz CT molecular complexity index is 842. The minimum absolute atomic E-state index is 0.187. The van der Waals surface area contributed by atoms with Crippen LogP contribution < -0.4 is 15.4 Å². The highest BCUT2D eigenvalue weighted by Crippen LogP contribution is 2.19. The number of benzene rings is 1. The third-order valence-electron chi connectivity index (χ3n) is 3.35. The van der Waals surface area contributed by atoms with Gasteiger partial charge in [0.15, 0.2) is 0 Å². The first-order chi connectivity index (χ1) is 11.8. The predicted molar refractivity (Wildman–Crippen MR) is 101 cm³/mol. The smallest absolute Gasteiger partial charge is 0.240 e. The predicted octanol–water partition coefficient (Wildman–Crippen LogP) is 2.57. The lowest BCUT2D eigenvalue weighted by molar-refractivity contribution is 0.582. The lowest BCUT2D eigenvalue weighted by Crippen LogP contribution is -2.29. The molecule has 1 heterocycles. The molecule has 0 aliphatic carbocycles. The Balaban J connectivity index is 1.95. The van der Waals surface area contributed by atoms with Gasteiger partial charge in [-0.1, -0.05) is 17.7 Å². The Labute approximate surface area is 153 Å². The number of nitrogens with zero attached hydrogens (tertiary/aromatic N) is 2. The van der Waals surface area contributed by atoms with Crippen LogP contribution in [-0.2, 0) is 10.0 Å². The van der Waals surface area contributed by atoms with Crippen molar-refractivity contribution in [1.82, 2.24) is 14.7 Å². The van der Waals surface area contributed by atoms with Crippen molar-refractivity contribution in [2.75, 3.05) is 30.3 Å². The summed E-state index contributed by atoms with van der Waals surface area (Å²) >= 11 is 5.89. The van der Waals surface area contributed by atoms with Crippen molar-refractivity contribution in [1.29, 1.82) is 0 Å². The first kappa shape index (κ1) is 19.4. The zero-order valence-electron chi connectivity index (χ0n) is 14.4. The summed E-state index contributed by atoms with van der Waals surface area (Å²) in [6, 6.07) is 6.59. The molecule has 9 heteroatoms. The average Bonchev–Trinajstić information content (AvgIpc) is 2.54. The van der Waals surface area contributed by atoms with E-state index in [1.54, 1.807) is 25.1 Å². The summed E-state index contributed by atoms with van der Waals surface area (Å²) in [6.07, 6.45) is 0. The molecule has 0 spiro atoms. The quantitative estimate of drug-likeness (QED) is 0.606. The average molecular weight is 384 g/mol. The summed E-state index contributed by atoms with van der Waals surface area (Å²) in [4.78, 5) is 8.76. The largest absolute Gasteiger partial charge is 0.369 e. The number of rotatable bonds is 8. The van der Waals surface area contributed by atoms with Crippen molar-refractivity contribution in [3.05, 3.63) is 40.5 Å². The van der Waals surface area contributed by atoms with E-state index >= 15 is 0 Å². The lowest BCUT2D eigenvalue weighted by atomic mass is 10.2. The fraction of sp³-hybridized carbons (Fsp3) is 0.375. The molecule has 0 radical (unpaired) electrons. The van der Waals surface area contributed by atoms with Crippen LogP contribution >= 0.6 is 11.6 Å². The normalized spacial score (nSPS) is 11.4. The van der Waals surface area contributed by atoms with Gasteiger partial charge in [-0.3, -0.25) is 0 Å². The second-order valence-corrected chi connectivity index (χ2v) is 7.65. The number of hydrogen-bond acceptors (Lipinski definition) is 6. The molecule has 3 N–H and O–H groups in total. The molecule has 0 fully saturated rings. The van der Waals surface area contributed by atoms with Crippen LogP contribution in [0, 0.1) is 13.8 Å². The highest BCUT2D eigenvalue weighted by atomic mass is 35.5. The third-order valence-corrected chi connectivity index (χ3v) is 5.19. The van der Waals surface area contributed by atoms with Gasteiger partial charge in [-0.05, 0) is 38.5 Å². The van der Waals surface area contributed by atoms with E-state index < -0.39 is 10.0 Å². The molecule has 1 aromatic heterocycles. The molecule has 2 rings (SSSR count). The van der Waals surface area contributed by atoms with Gasteiger partial charge in [0.1, 0.15) is 5.82 Å². The fourth-order valence-electron chi connectivity index (χ4n) is 2.21. The molecule has 0 saturated heterocycles. The van der Waals surface area contributed by atoms with Crippen LogP contribution in [0.15, 0.2) is 29.2 Å². The lowest BCUT2D eigenvalue weighted by Gasteiger charge is -2.11. The van der Waals surface area contributed by atoms with Crippen molar-refractivity contribution in [3.63, 3.8) is 0 Å². The summed E-state index contributed by atoms with van der Waals surface area (Å²) in [6.45, 7) is 6.90. The van der Waals surface area contributed by atoms with Gasteiger partial charge in [0.05, 0.1) is 4.90 Å². The minimum atomic E-state index is -3.61. The minimum Gasteiger partial charge on any atom is -0.369 e. The van der Waals surface area contributed by atoms with Crippen molar-refractivity contribution in [2.24, 2.45) is 0 Å². The summed E-state index contributed by atoms with van der Waals surface area (Å²) in [5.74, 6) is 1.18. The molecule has 2 aromatic rings. The first-order valence-corrected chi connectivity index (χ1v) is 9.77. The molecule has 0 aliphatic heterocycles. The molecule has 0 bridgehead atoms. The van der Waals surface area contributed by atoms with Gasteiger partial charge in [-0.2, -0.15) is 4.98 Å². The van der Waals surface area contributed by atoms with Crippen LogP contribution in [0.25, 0.3) is 0 Å². The maximum absolute atomic E-state index is 12.4. The molecule has 0 aliphatic rings. The zero-order valence-corrected chi connectivity index (χ0v) is 16.0. The molecule has 136 valence electrons. The Morgan fingerprint density at radius 3 is 2.56 bits per heavy atom. The first-order valence-electron chi connectivity index (χ1n) is 7.91. The second kappa shape index (κ2) is 8.46. The molecule has 0 unspecified atom stereocenters. The van der Waals surface area contributed by atoms with E-state index in [1.807, 2.05) is 13.8 Å². The summed E-state index contributed by atoms with van der Waals surface area (Å²) < 4.78 is 27.3. The van der Waals surface area contributed by atoms with Gasteiger partial charge in [-0.25, -0.2) is 18.1 Å². The van der Waals surface area contributed by atoms with E-state index in [9.17, 15) is 8.42 Å². The van der Waals surface area contributed by atoms with Crippen LogP contribution in [0.1, 0.15) is 18.2 Å². The van der Waals surface area contributed by atoms with Gasteiger partial charge in [0.2, 0.25) is 16.0 Å². The zero-order chi connectivity index (χ0) is 18.4. The molecule has 25 heavy (non-hydrogen) atoms. The summed E-state index contributed by atoms with van der Waals surface area (Å²) in [5.41, 5.74) is 1.47. The van der Waals surface area contributed by atoms with E-state index in [0.717, 1.165) is 12.2 Å². The summed E-state index contributed by atoms with van der Waals surface area (Å²) in [7, 11) is -3.61. The molecule has 7 nitrogen and oxygen atoms in total. The van der Waals surface area contributed by atoms with Crippen molar-refractivity contribution >= 4 is 33.4 Å². The summed E-state index contributed by atoms with van der Waals surface area (Å²) in [5, 5.41) is 6.53. The van der Waals surface area contributed by atoms with E-state index in [-0.39, 0.29) is 11.4 Å². The van der Waals surface area contributed by atoms with Gasteiger partial charge in [0, 0.05) is 36.4 Å². The van der Waals surface area contributed by atoms with Gasteiger partial charge in [-0.15, -0.1) is 0 Å². The van der Waals surface area contributed by atoms with Crippen LogP contribution in [0.3, 0.4) is 0 Å². The van der Waals surface area contributed by atoms with Crippen LogP contribution in [0.5, 0.6) is 0 Å². The van der Waals surface area contributed by atoms with E-state index in [1.165, 1.54) is 6.07 Å². The van der Waals surface area contributed by atoms with Gasteiger partial charge >= 0.3 is 0 Å². The third kappa shape index (κ3) is 5.55. The van der Waals surface area contributed by atoms with Gasteiger partial charge in [0.25, 0.3) is 0 Å². The van der Waals surface area contributed by atoms with Crippen molar-refractivity contribution < 1.29 is 8.42 Å². The number of nitrogens with one attached hydrogen (secondary N) is 3. The monoisotopic (exact) mass is 383 g/mol. The number of sulfonamides is 1. The standard InChI is InChI=1S/C16H22ClN5O2S/c1-4-18-16-21-12(3)9-15(22-16)19-7-8-20-25(23,24)14-10-13(17)6-5-11(14)2/h5-6,9-10,20H,4,7-8H2,1-3H3,(H2,18,19,21,22). The Kier molecular flexibility index (Phi) is 6.57. The molecule has 0 atom stereocenters. The van der Waals surface area contributed by atoms with Crippen molar-refractivity contribution in [3.8, 4) is 0 Å². The topological polar surface area (TPSA) is 96.0 Å². The number of aryl methyl sites for hydroxylation is 2. The molecular formula is C16H22ClN5O2S. The second-order valence-electron chi connectivity index (χ2n) is 5.48. The van der Waals surface area contributed by atoms with E-state index in [4.69, 9.17) is 11.6 Å². The molecule has 1 aromatic carbocycles. The highest BCUT2D eigenvalue weighted by molar-refractivity contribution is 7.89. The Hall–Kier alpha value is -1.90. The maximum atomic E-state index is 12.4. The van der Waals surface area contributed by atoms with Crippen LogP contribution in [0.2, 0.25) is 5.02 Å². The van der Waals surface area contributed by atoms with Crippen LogP contribution in [-0.4, -0.2) is 38.0 Å². The fourth-order valence-corrected chi connectivity index (χ4v) is 3.75.